The standard InChI is InChI=1S/C23H28ClN3O5/c1-31-21(28)13-12-16-7-3-5-11-20(16)27-22(29)19(25)10-6-14-26-23(30)32-15-17-8-2-4-9-18(17)24/h2-5,7-9,11,19H,6,10,12-15,25H2,1H3,(H,26,30)(H,27,29)/t19-/m0/s1. The Kier molecular flexibility index (Phi) is 10.5. The number of methoxy groups -OCH3 is 1. The molecule has 4 N–H and O–H groups in total. The maximum atomic E-state index is 12.4. The first-order valence-corrected chi connectivity index (χ1v) is 10.6. The van der Waals surface area contributed by atoms with E-state index in [0.717, 1.165) is 11.1 Å². The number of hydrogen-bond donors (Lipinski definition) is 3. The molecule has 0 spiro atoms. The highest BCUT2D eigenvalue weighted by Gasteiger charge is 2.15. The van der Waals surface area contributed by atoms with Crippen molar-refractivity contribution in [2.24, 2.45) is 5.73 Å². The summed E-state index contributed by atoms with van der Waals surface area (Å²) in [5.41, 5.74) is 8.13. The zero-order valence-corrected chi connectivity index (χ0v) is 18.7. The van der Waals surface area contributed by atoms with Crippen molar-refractivity contribution in [1.29, 1.82) is 0 Å². The number of anilines is 1. The lowest BCUT2D eigenvalue weighted by molar-refractivity contribution is -0.140. The van der Waals surface area contributed by atoms with Gasteiger partial charge in [0.2, 0.25) is 5.91 Å². The summed E-state index contributed by atoms with van der Waals surface area (Å²) in [5, 5.41) is 5.96. The number of carbonyl (C=O) groups excluding carboxylic acids is 3. The third-order valence-electron chi connectivity index (χ3n) is 4.72. The molecule has 0 heterocycles. The molecule has 0 saturated heterocycles. The molecular weight excluding hydrogens is 434 g/mol. The van der Waals surface area contributed by atoms with E-state index in [1.165, 1.54) is 7.11 Å². The van der Waals surface area contributed by atoms with Crippen LogP contribution in [0.15, 0.2) is 48.5 Å². The van der Waals surface area contributed by atoms with Crippen LogP contribution in [0.4, 0.5) is 10.5 Å². The first-order valence-electron chi connectivity index (χ1n) is 10.3. The van der Waals surface area contributed by atoms with E-state index in [2.05, 4.69) is 15.4 Å². The van der Waals surface area contributed by atoms with E-state index in [9.17, 15) is 14.4 Å². The van der Waals surface area contributed by atoms with Gasteiger partial charge in [-0.3, -0.25) is 9.59 Å². The van der Waals surface area contributed by atoms with Gasteiger partial charge in [-0.15, -0.1) is 0 Å². The van der Waals surface area contributed by atoms with Crippen molar-refractivity contribution in [3.8, 4) is 0 Å². The SMILES string of the molecule is COC(=O)CCc1ccccc1NC(=O)[C@@H](N)CCCNC(=O)OCc1ccccc1Cl. The maximum Gasteiger partial charge on any atom is 0.407 e. The molecule has 0 aliphatic heterocycles. The maximum absolute atomic E-state index is 12.4. The summed E-state index contributed by atoms with van der Waals surface area (Å²) < 4.78 is 9.78. The molecule has 0 aliphatic carbocycles. The van der Waals surface area contributed by atoms with Crippen LogP contribution >= 0.6 is 11.6 Å². The van der Waals surface area contributed by atoms with Gasteiger partial charge in [-0.1, -0.05) is 48.0 Å². The van der Waals surface area contributed by atoms with Crippen molar-refractivity contribution in [3.63, 3.8) is 0 Å². The Morgan fingerprint density at radius 1 is 1.06 bits per heavy atom. The quantitative estimate of drug-likeness (QED) is 0.348. The molecule has 0 aromatic heterocycles. The molecule has 172 valence electrons. The van der Waals surface area contributed by atoms with Gasteiger partial charge in [0.1, 0.15) is 6.61 Å². The summed E-state index contributed by atoms with van der Waals surface area (Å²) in [7, 11) is 1.34. The monoisotopic (exact) mass is 461 g/mol. The predicted molar refractivity (Wildman–Crippen MR) is 122 cm³/mol. The molecule has 2 amide bonds. The largest absolute Gasteiger partial charge is 0.469 e. The van der Waals surface area contributed by atoms with Crippen molar-refractivity contribution >= 4 is 35.3 Å². The molecule has 9 heteroatoms. The summed E-state index contributed by atoms with van der Waals surface area (Å²) in [4.78, 5) is 35.6. The van der Waals surface area contributed by atoms with Gasteiger partial charge < -0.3 is 25.8 Å². The molecule has 2 aromatic carbocycles. The number of aryl methyl sites for hydroxylation is 1. The summed E-state index contributed by atoms with van der Waals surface area (Å²) in [6.07, 6.45) is 0.968. The van der Waals surface area contributed by atoms with E-state index in [-0.39, 0.29) is 24.9 Å². The summed E-state index contributed by atoms with van der Waals surface area (Å²) in [6, 6.07) is 13.6. The number of amides is 2. The third kappa shape index (κ3) is 8.56. The van der Waals surface area contributed by atoms with Gasteiger partial charge in [0, 0.05) is 29.2 Å². The number of carbonyl (C=O) groups is 3. The highest BCUT2D eigenvalue weighted by atomic mass is 35.5. The van der Waals surface area contributed by atoms with Crippen molar-refractivity contribution in [1.82, 2.24) is 5.32 Å². The minimum Gasteiger partial charge on any atom is -0.469 e. The zero-order chi connectivity index (χ0) is 23.3. The number of halogens is 1. The number of nitrogens with two attached hydrogens (primary N) is 1. The van der Waals surface area contributed by atoms with Crippen LogP contribution in [0.25, 0.3) is 0 Å². The second-order valence-electron chi connectivity index (χ2n) is 7.07. The lowest BCUT2D eigenvalue weighted by atomic mass is 10.1. The minimum absolute atomic E-state index is 0.0722. The zero-order valence-electron chi connectivity index (χ0n) is 17.9. The van der Waals surface area contributed by atoms with Gasteiger partial charge >= 0.3 is 12.1 Å². The van der Waals surface area contributed by atoms with E-state index < -0.39 is 12.1 Å². The molecule has 0 aliphatic rings. The topological polar surface area (TPSA) is 120 Å². The second-order valence-corrected chi connectivity index (χ2v) is 7.47. The van der Waals surface area contributed by atoms with Crippen molar-refractivity contribution in [2.75, 3.05) is 19.0 Å². The number of ether oxygens (including phenoxy) is 2. The molecule has 0 unspecified atom stereocenters. The number of para-hydroxylation sites is 1. The molecule has 2 rings (SSSR count). The molecule has 32 heavy (non-hydrogen) atoms. The molecule has 0 fully saturated rings. The average Bonchev–Trinajstić information content (AvgIpc) is 2.80. The third-order valence-corrected chi connectivity index (χ3v) is 5.08. The van der Waals surface area contributed by atoms with Crippen LogP contribution in [-0.4, -0.2) is 37.7 Å². The Morgan fingerprint density at radius 3 is 2.47 bits per heavy atom. The van der Waals surface area contributed by atoms with Gasteiger partial charge in [-0.2, -0.15) is 0 Å². The second kappa shape index (κ2) is 13.3. The fourth-order valence-electron chi connectivity index (χ4n) is 2.88. The molecule has 2 aromatic rings. The van der Waals surface area contributed by atoms with E-state index in [0.29, 0.717) is 36.5 Å². The lowest BCUT2D eigenvalue weighted by Crippen LogP contribution is -2.36. The summed E-state index contributed by atoms with van der Waals surface area (Å²) in [6.45, 7) is 0.390. The van der Waals surface area contributed by atoms with E-state index in [1.807, 2.05) is 18.2 Å². The minimum atomic E-state index is -0.746. The number of nitrogens with one attached hydrogen (secondary N) is 2. The summed E-state index contributed by atoms with van der Waals surface area (Å²) in [5.74, 6) is -0.655. The van der Waals surface area contributed by atoms with Crippen LogP contribution in [0.2, 0.25) is 5.02 Å². The van der Waals surface area contributed by atoms with Gasteiger partial charge in [0.05, 0.1) is 13.2 Å². The van der Waals surface area contributed by atoms with Crippen LogP contribution in [0, 0.1) is 0 Å². The van der Waals surface area contributed by atoms with Gasteiger partial charge in [-0.05, 0) is 37.0 Å². The van der Waals surface area contributed by atoms with Crippen LogP contribution in [-0.2, 0) is 32.1 Å². The molecule has 0 radical (unpaired) electrons. The van der Waals surface area contributed by atoms with Crippen LogP contribution < -0.4 is 16.4 Å². The van der Waals surface area contributed by atoms with E-state index in [4.69, 9.17) is 22.1 Å². The molecular formula is C23H28ClN3O5. The number of esters is 1. The first-order chi connectivity index (χ1) is 15.4. The van der Waals surface area contributed by atoms with Crippen LogP contribution in [0.3, 0.4) is 0 Å². The van der Waals surface area contributed by atoms with Crippen LogP contribution in [0.5, 0.6) is 0 Å². The Bertz CT molecular complexity index is 922. The fraction of sp³-hybridized carbons (Fsp3) is 0.348. The molecule has 8 nitrogen and oxygen atoms in total. The van der Waals surface area contributed by atoms with Gasteiger partial charge in [0.15, 0.2) is 0 Å². The molecule has 0 bridgehead atoms. The number of alkyl carbamates (subject to hydrolysis) is 1. The van der Waals surface area contributed by atoms with Crippen molar-refractivity contribution < 1.29 is 23.9 Å². The predicted octanol–water partition coefficient (Wildman–Crippen LogP) is 3.42. The Hall–Kier alpha value is -3.10. The van der Waals surface area contributed by atoms with Gasteiger partial charge in [0.25, 0.3) is 0 Å². The Morgan fingerprint density at radius 2 is 1.75 bits per heavy atom. The normalized spacial score (nSPS) is 11.3. The van der Waals surface area contributed by atoms with Crippen molar-refractivity contribution in [2.45, 2.75) is 38.3 Å². The number of benzene rings is 2. The smallest absolute Gasteiger partial charge is 0.407 e. The Balaban J connectivity index is 1.70. The fourth-order valence-corrected chi connectivity index (χ4v) is 3.07. The van der Waals surface area contributed by atoms with Gasteiger partial charge in [-0.25, -0.2) is 4.79 Å². The average molecular weight is 462 g/mol. The van der Waals surface area contributed by atoms with Crippen LogP contribution in [0.1, 0.15) is 30.4 Å². The highest BCUT2D eigenvalue weighted by molar-refractivity contribution is 6.31. The number of hydrogen-bond acceptors (Lipinski definition) is 6. The van der Waals surface area contributed by atoms with E-state index in [1.54, 1.807) is 30.3 Å². The van der Waals surface area contributed by atoms with Crippen molar-refractivity contribution in [3.05, 3.63) is 64.7 Å². The lowest BCUT2D eigenvalue weighted by Gasteiger charge is -2.15. The Labute approximate surface area is 192 Å². The van der Waals surface area contributed by atoms with E-state index >= 15 is 0 Å². The first kappa shape index (κ1) is 25.2. The number of rotatable bonds is 11. The highest BCUT2D eigenvalue weighted by Crippen LogP contribution is 2.18. The molecule has 1 atom stereocenters. The summed E-state index contributed by atoms with van der Waals surface area (Å²) >= 11 is 6.02. The molecule has 0 saturated carbocycles.